The fraction of sp³-hybridized carbons (Fsp3) is 0.100. The molecular weight excluding hydrogens is 488 g/mol. The lowest BCUT2D eigenvalue weighted by molar-refractivity contribution is -0.134. The first-order valence-corrected chi connectivity index (χ1v) is 12.2. The largest absolute Gasteiger partial charge is 0.457 e. The molecule has 5 aromatic rings. The van der Waals surface area contributed by atoms with Crippen molar-refractivity contribution < 1.29 is 19.1 Å². The lowest BCUT2D eigenvalue weighted by atomic mass is 10.1. The number of carbonyl (C=O) groups excluding carboxylic acids is 2. The van der Waals surface area contributed by atoms with E-state index in [9.17, 15) is 9.59 Å². The van der Waals surface area contributed by atoms with E-state index in [1.165, 1.54) is 0 Å². The van der Waals surface area contributed by atoms with E-state index >= 15 is 0 Å². The quantitative estimate of drug-likeness (QED) is 0.171. The fourth-order valence-electron chi connectivity index (χ4n) is 3.97. The van der Waals surface area contributed by atoms with Crippen molar-refractivity contribution in [1.82, 2.24) is 9.55 Å². The lowest BCUT2D eigenvalue weighted by Crippen LogP contribution is -2.12. The van der Waals surface area contributed by atoms with Gasteiger partial charge in [0.2, 0.25) is 0 Å². The van der Waals surface area contributed by atoms with E-state index in [-0.39, 0.29) is 19.0 Å². The van der Waals surface area contributed by atoms with Crippen molar-refractivity contribution in [2.45, 2.75) is 19.6 Å². The van der Waals surface area contributed by atoms with Gasteiger partial charge >= 0.3 is 11.9 Å². The van der Waals surface area contributed by atoms with E-state index < -0.39 is 5.97 Å². The maximum absolute atomic E-state index is 12.5. The minimum Gasteiger partial charge on any atom is -0.457 e. The first-order valence-electron chi connectivity index (χ1n) is 11.8. The smallest absolute Gasteiger partial charge is 0.338 e. The first-order chi connectivity index (χ1) is 18.1. The SMILES string of the molecule is O=C(CCn1c(-c2ccc(C(=O)OCc3ccccc3)cc2)nc2ccccc21)Oc1ccc(Cl)cc1. The Morgan fingerprint density at radius 3 is 2.27 bits per heavy atom. The Bertz CT molecular complexity index is 1530. The second-order valence-electron chi connectivity index (χ2n) is 8.39. The average molecular weight is 511 g/mol. The number of imidazole rings is 1. The van der Waals surface area contributed by atoms with Crippen LogP contribution in [0.15, 0.2) is 103 Å². The van der Waals surface area contributed by atoms with Crippen LogP contribution in [0.25, 0.3) is 22.4 Å². The molecule has 0 bridgehead atoms. The number of fused-ring (bicyclic) bond motifs is 1. The van der Waals surface area contributed by atoms with Crippen molar-refractivity contribution in [2.24, 2.45) is 0 Å². The topological polar surface area (TPSA) is 70.4 Å². The summed E-state index contributed by atoms with van der Waals surface area (Å²) in [4.78, 5) is 29.8. The molecule has 37 heavy (non-hydrogen) atoms. The van der Waals surface area contributed by atoms with Gasteiger partial charge in [0.15, 0.2) is 0 Å². The lowest BCUT2D eigenvalue weighted by Gasteiger charge is -2.10. The Kier molecular flexibility index (Phi) is 7.28. The van der Waals surface area contributed by atoms with Gasteiger partial charge in [-0.15, -0.1) is 0 Å². The predicted octanol–water partition coefficient (Wildman–Crippen LogP) is 6.71. The molecule has 6 nitrogen and oxygen atoms in total. The zero-order chi connectivity index (χ0) is 25.6. The molecule has 0 amide bonds. The van der Waals surface area contributed by atoms with Crippen molar-refractivity contribution in [3.05, 3.63) is 119 Å². The zero-order valence-electron chi connectivity index (χ0n) is 19.8. The molecule has 7 heteroatoms. The van der Waals surface area contributed by atoms with Gasteiger partial charge in [-0.3, -0.25) is 4.79 Å². The Morgan fingerprint density at radius 2 is 1.51 bits per heavy atom. The van der Waals surface area contributed by atoms with Gasteiger partial charge in [-0.2, -0.15) is 0 Å². The van der Waals surface area contributed by atoms with E-state index in [1.807, 2.05) is 71.3 Å². The van der Waals surface area contributed by atoms with E-state index in [0.717, 1.165) is 22.2 Å². The number of halogens is 1. The van der Waals surface area contributed by atoms with E-state index in [0.29, 0.717) is 28.7 Å². The number of hydrogen-bond donors (Lipinski definition) is 0. The number of rotatable bonds is 8. The molecule has 5 rings (SSSR count). The highest BCUT2D eigenvalue weighted by atomic mass is 35.5. The number of para-hydroxylation sites is 2. The molecule has 1 heterocycles. The minimum absolute atomic E-state index is 0.153. The summed E-state index contributed by atoms with van der Waals surface area (Å²) in [5.41, 5.74) is 3.92. The van der Waals surface area contributed by atoms with E-state index in [1.54, 1.807) is 36.4 Å². The van der Waals surface area contributed by atoms with Gasteiger partial charge in [-0.25, -0.2) is 9.78 Å². The summed E-state index contributed by atoms with van der Waals surface area (Å²) in [6.07, 6.45) is 0.153. The molecule has 4 aromatic carbocycles. The van der Waals surface area contributed by atoms with Crippen LogP contribution in [0.1, 0.15) is 22.3 Å². The van der Waals surface area contributed by atoms with Crippen LogP contribution in [0.5, 0.6) is 5.75 Å². The number of nitrogens with zero attached hydrogens (tertiary/aromatic N) is 2. The Hall–Kier alpha value is -4.42. The van der Waals surface area contributed by atoms with Crippen molar-refractivity contribution >= 4 is 34.6 Å². The minimum atomic E-state index is -0.395. The molecule has 1 aromatic heterocycles. The summed E-state index contributed by atoms with van der Waals surface area (Å²) in [5, 5.41) is 0.574. The number of ether oxygens (including phenoxy) is 2. The normalized spacial score (nSPS) is 10.8. The summed E-state index contributed by atoms with van der Waals surface area (Å²) < 4.78 is 12.9. The van der Waals surface area contributed by atoms with Gasteiger partial charge in [0, 0.05) is 17.1 Å². The van der Waals surface area contributed by atoms with Gasteiger partial charge in [0.1, 0.15) is 18.2 Å². The molecule has 0 unspecified atom stereocenters. The molecular formula is C30H23ClN2O4. The standard InChI is InChI=1S/C30H23ClN2O4/c31-24-14-16-25(17-15-24)37-28(34)18-19-33-27-9-5-4-8-26(27)32-29(33)22-10-12-23(13-11-22)30(35)36-20-21-6-2-1-3-7-21/h1-17H,18-20H2. The van der Waals surface area contributed by atoms with Crippen LogP contribution in [0.4, 0.5) is 0 Å². The number of aryl methyl sites for hydroxylation is 1. The van der Waals surface area contributed by atoms with Crippen molar-refractivity contribution in [2.75, 3.05) is 0 Å². The average Bonchev–Trinajstić information content (AvgIpc) is 3.31. The molecule has 0 saturated heterocycles. The van der Waals surface area contributed by atoms with Gasteiger partial charge < -0.3 is 14.0 Å². The van der Waals surface area contributed by atoms with Crippen LogP contribution in [-0.4, -0.2) is 21.5 Å². The summed E-state index contributed by atoms with van der Waals surface area (Å²) in [7, 11) is 0. The van der Waals surface area contributed by atoms with Crippen molar-refractivity contribution in [3.63, 3.8) is 0 Å². The molecule has 0 aliphatic rings. The highest BCUT2D eigenvalue weighted by Gasteiger charge is 2.16. The Labute approximate surface area is 219 Å². The van der Waals surface area contributed by atoms with Gasteiger partial charge in [-0.1, -0.05) is 66.2 Å². The van der Waals surface area contributed by atoms with Gasteiger partial charge in [0.05, 0.1) is 23.0 Å². The van der Waals surface area contributed by atoms with Crippen LogP contribution in [-0.2, 0) is 22.7 Å². The van der Waals surface area contributed by atoms with E-state index in [2.05, 4.69) is 0 Å². The number of esters is 2. The van der Waals surface area contributed by atoms with Crippen LogP contribution >= 0.6 is 11.6 Å². The highest BCUT2D eigenvalue weighted by Crippen LogP contribution is 2.26. The molecule has 0 radical (unpaired) electrons. The van der Waals surface area contributed by atoms with Gasteiger partial charge in [-0.05, 0) is 54.1 Å². The maximum Gasteiger partial charge on any atom is 0.338 e. The summed E-state index contributed by atoms with van der Waals surface area (Å²) in [5.74, 6) is 0.390. The summed E-state index contributed by atoms with van der Waals surface area (Å²) >= 11 is 5.90. The number of carbonyl (C=O) groups is 2. The molecule has 0 spiro atoms. The van der Waals surface area contributed by atoms with E-state index in [4.69, 9.17) is 26.1 Å². The Balaban J connectivity index is 1.31. The number of hydrogen-bond acceptors (Lipinski definition) is 5. The third-order valence-corrected chi connectivity index (χ3v) is 6.08. The molecule has 0 aliphatic carbocycles. The molecule has 0 aliphatic heterocycles. The second kappa shape index (κ2) is 11.1. The third-order valence-electron chi connectivity index (χ3n) is 5.83. The summed E-state index contributed by atoms with van der Waals surface area (Å²) in [6.45, 7) is 0.590. The maximum atomic E-state index is 12.5. The molecule has 0 N–H and O–H groups in total. The van der Waals surface area contributed by atoms with Crippen molar-refractivity contribution in [3.8, 4) is 17.1 Å². The molecule has 0 saturated carbocycles. The third kappa shape index (κ3) is 5.88. The monoisotopic (exact) mass is 510 g/mol. The van der Waals surface area contributed by atoms with Crippen LogP contribution in [0.2, 0.25) is 5.02 Å². The zero-order valence-corrected chi connectivity index (χ0v) is 20.6. The summed E-state index contributed by atoms with van der Waals surface area (Å²) in [6, 6.07) is 31.1. The molecule has 0 atom stereocenters. The fourth-order valence-corrected chi connectivity index (χ4v) is 4.10. The molecule has 184 valence electrons. The predicted molar refractivity (Wildman–Crippen MR) is 142 cm³/mol. The number of benzene rings is 4. The highest BCUT2D eigenvalue weighted by molar-refractivity contribution is 6.30. The van der Waals surface area contributed by atoms with Crippen molar-refractivity contribution in [1.29, 1.82) is 0 Å². The van der Waals surface area contributed by atoms with Crippen LogP contribution in [0.3, 0.4) is 0 Å². The number of aromatic nitrogens is 2. The molecule has 0 fully saturated rings. The van der Waals surface area contributed by atoms with Crippen LogP contribution in [0, 0.1) is 0 Å². The first kappa shape index (κ1) is 24.3. The Morgan fingerprint density at radius 1 is 0.811 bits per heavy atom. The second-order valence-corrected chi connectivity index (χ2v) is 8.83. The van der Waals surface area contributed by atoms with Crippen LogP contribution < -0.4 is 4.74 Å². The van der Waals surface area contributed by atoms with Gasteiger partial charge in [0.25, 0.3) is 0 Å².